The number of carbonyl (C=O) groups excluding carboxylic acids is 3. The van der Waals surface area contributed by atoms with E-state index in [0.717, 1.165) is 4.90 Å². The molecule has 28 heavy (non-hydrogen) atoms. The highest BCUT2D eigenvalue weighted by atomic mass is 35.5. The number of amides is 2. The first-order chi connectivity index (χ1) is 13.4. The van der Waals surface area contributed by atoms with Gasteiger partial charge in [-0.05, 0) is 30.2 Å². The lowest BCUT2D eigenvalue weighted by molar-refractivity contribution is -0.150. The smallest absolute Gasteiger partial charge is 0.329 e. The van der Waals surface area contributed by atoms with Gasteiger partial charge in [0.2, 0.25) is 0 Å². The number of para-hydroxylation sites is 1. The van der Waals surface area contributed by atoms with Gasteiger partial charge in [-0.1, -0.05) is 49.7 Å². The van der Waals surface area contributed by atoms with Gasteiger partial charge in [-0.3, -0.25) is 14.5 Å². The van der Waals surface area contributed by atoms with Crippen molar-refractivity contribution in [1.29, 1.82) is 0 Å². The molecule has 0 aliphatic carbocycles. The van der Waals surface area contributed by atoms with Crippen LogP contribution in [0.25, 0.3) is 0 Å². The van der Waals surface area contributed by atoms with E-state index in [1.54, 1.807) is 62.4 Å². The van der Waals surface area contributed by atoms with E-state index < -0.39 is 23.8 Å². The van der Waals surface area contributed by atoms with Crippen LogP contribution < -0.4 is 4.74 Å². The Bertz CT molecular complexity index is 876. The fourth-order valence-electron chi connectivity index (χ4n) is 3.08. The molecule has 0 aromatic heterocycles. The minimum Gasteiger partial charge on any atom is -0.488 e. The molecule has 0 unspecified atom stereocenters. The summed E-state index contributed by atoms with van der Waals surface area (Å²) in [5, 5.41) is 0.458. The highest BCUT2D eigenvalue weighted by Gasteiger charge is 2.44. The highest BCUT2D eigenvalue weighted by Crippen LogP contribution is 2.28. The third-order valence-electron chi connectivity index (χ3n) is 4.40. The van der Waals surface area contributed by atoms with E-state index in [2.05, 4.69) is 0 Å². The fourth-order valence-corrected chi connectivity index (χ4v) is 3.27. The van der Waals surface area contributed by atoms with Crippen molar-refractivity contribution in [2.75, 3.05) is 13.2 Å². The first-order valence-electron chi connectivity index (χ1n) is 8.92. The minimum absolute atomic E-state index is 0.0313. The Morgan fingerprint density at radius 2 is 1.54 bits per heavy atom. The Labute approximate surface area is 168 Å². The summed E-state index contributed by atoms with van der Waals surface area (Å²) in [7, 11) is 0. The molecule has 1 atom stereocenters. The van der Waals surface area contributed by atoms with Crippen molar-refractivity contribution in [2.45, 2.75) is 19.9 Å². The molecule has 0 radical (unpaired) electrons. The molecule has 6 nitrogen and oxygen atoms in total. The Morgan fingerprint density at radius 3 is 2.11 bits per heavy atom. The average Bonchev–Trinajstić information content (AvgIpc) is 2.92. The zero-order chi connectivity index (χ0) is 20.3. The van der Waals surface area contributed by atoms with Crippen molar-refractivity contribution in [3.05, 3.63) is 64.7 Å². The van der Waals surface area contributed by atoms with Gasteiger partial charge in [-0.25, -0.2) is 4.79 Å². The molecule has 2 aromatic rings. The molecule has 2 amide bonds. The van der Waals surface area contributed by atoms with Gasteiger partial charge in [0.05, 0.1) is 16.1 Å². The fraction of sp³-hybridized carbons (Fsp3) is 0.286. The standard InChI is InChI=1S/C21H20ClNO5/c1-13(2)18(23-19(24)14-7-3-4-8-15(14)20(23)25)21(26)28-12-11-27-17-10-6-5-9-16(17)22/h3-10,13,18H,11-12H2,1-2H3/t18-/m1/s1. The van der Waals surface area contributed by atoms with Crippen LogP contribution in [-0.4, -0.2) is 41.9 Å². The lowest BCUT2D eigenvalue weighted by Gasteiger charge is -2.27. The van der Waals surface area contributed by atoms with Crippen molar-refractivity contribution in [2.24, 2.45) is 5.92 Å². The Balaban J connectivity index is 1.64. The summed E-state index contributed by atoms with van der Waals surface area (Å²) < 4.78 is 10.8. The van der Waals surface area contributed by atoms with Crippen LogP contribution in [0, 0.1) is 5.92 Å². The van der Waals surface area contributed by atoms with Gasteiger partial charge in [-0.15, -0.1) is 0 Å². The monoisotopic (exact) mass is 401 g/mol. The van der Waals surface area contributed by atoms with Gasteiger partial charge in [0.25, 0.3) is 11.8 Å². The molecule has 3 rings (SSSR count). The molecule has 7 heteroatoms. The summed E-state index contributed by atoms with van der Waals surface area (Å²) in [6.07, 6.45) is 0. The molecule has 0 spiro atoms. The SMILES string of the molecule is CC(C)[C@H](C(=O)OCCOc1ccccc1Cl)N1C(=O)c2ccccc2C1=O. The van der Waals surface area contributed by atoms with Crippen LogP contribution in [-0.2, 0) is 9.53 Å². The normalized spacial score (nSPS) is 14.2. The summed E-state index contributed by atoms with van der Waals surface area (Å²) in [6, 6.07) is 12.5. The number of ether oxygens (including phenoxy) is 2. The van der Waals surface area contributed by atoms with Crippen molar-refractivity contribution in [3.63, 3.8) is 0 Å². The molecular formula is C21H20ClNO5. The maximum Gasteiger partial charge on any atom is 0.329 e. The van der Waals surface area contributed by atoms with Crippen molar-refractivity contribution in [1.82, 2.24) is 4.90 Å². The van der Waals surface area contributed by atoms with E-state index in [1.165, 1.54) is 0 Å². The molecule has 1 heterocycles. The van der Waals surface area contributed by atoms with Crippen LogP contribution in [0.5, 0.6) is 5.75 Å². The van der Waals surface area contributed by atoms with Gasteiger partial charge >= 0.3 is 5.97 Å². The third-order valence-corrected chi connectivity index (χ3v) is 4.71. The molecule has 0 saturated carbocycles. The van der Waals surface area contributed by atoms with Crippen LogP contribution in [0.3, 0.4) is 0 Å². The quantitative estimate of drug-likeness (QED) is 0.403. The number of hydrogen-bond acceptors (Lipinski definition) is 5. The molecule has 0 bridgehead atoms. The molecule has 1 aliphatic heterocycles. The second-order valence-electron chi connectivity index (χ2n) is 6.66. The van der Waals surface area contributed by atoms with Gasteiger partial charge in [-0.2, -0.15) is 0 Å². The average molecular weight is 402 g/mol. The molecule has 0 N–H and O–H groups in total. The molecular weight excluding hydrogens is 382 g/mol. The third kappa shape index (κ3) is 3.87. The predicted molar refractivity (Wildman–Crippen MR) is 103 cm³/mol. The second-order valence-corrected chi connectivity index (χ2v) is 7.07. The lowest BCUT2D eigenvalue weighted by atomic mass is 10.0. The van der Waals surface area contributed by atoms with Crippen molar-refractivity contribution < 1.29 is 23.9 Å². The number of carbonyl (C=O) groups is 3. The van der Waals surface area contributed by atoms with Gasteiger partial charge in [0.15, 0.2) is 0 Å². The van der Waals surface area contributed by atoms with Gasteiger partial charge < -0.3 is 9.47 Å². The van der Waals surface area contributed by atoms with Crippen LogP contribution in [0.4, 0.5) is 0 Å². The first kappa shape index (κ1) is 19.9. The number of fused-ring (bicyclic) bond motifs is 1. The van der Waals surface area contributed by atoms with Crippen LogP contribution in [0.15, 0.2) is 48.5 Å². The largest absolute Gasteiger partial charge is 0.488 e. The number of hydrogen-bond donors (Lipinski definition) is 0. The topological polar surface area (TPSA) is 72.9 Å². The van der Waals surface area contributed by atoms with E-state index in [0.29, 0.717) is 21.9 Å². The summed E-state index contributed by atoms with van der Waals surface area (Å²) in [5.41, 5.74) is 0.598. The number of halogens is 1. The van der Waals surface area contributed by atoms with Gasteiger partial charge in [0, 0.05) is 0 Å². The summed E-state index contributed by atoms with van der Waals surface area (Å²) in [4.78, 5) is 39.0. The molecule has 0 fully saturated rings. The maximum atomic E-state index is 12.7. The number of rotatable bonds is 7. The predicted octanol–water partition coefficient (Wildman–Crippen LogP) is 3.58. The molecule has 2 aromatic carbocycles. The zero-order valence-corrected chi connectivity index (χ0v) is 16.3. The molecule has 0 saturated heterocycles. The number of esters is 1. The molecule has 1 aliphatic rings. The summed E-state index contributed by atoms with van der Waals surface area (Å²) in [5.74, 6) is -1.43. The van der Waals surface area contributed by atoms with Crippen LogP contribution in [0.1, 0.15) is 34.6 Å². The van der Waals surface area contributed by atoms with E-state index in [9.17, 15) is 14.4 Å². The Morgan fingerprint density at radius 1 is 0.964 bits per heavy atom. The number of imide groups is 1. The van der Waals surface area contributed by atoms with Crippen molar-refractivity contribution >= 4 is 29.4 Å². The van der Waals surface area contributed by atoms with Gasteiger partial charge in [0.1, 0.15) is 25.0 Å². The highest BCUT2D eigenvalue weighted by molar-refractivity contribution is 6.32. The second kappa shape index (κ2) is 8.44. The van der Waals surface area contributed by atoms with Crippen LogP contribution >= 0.6 is 11.6 Å². The van der Waals surface area contributed by atoms with E-state index in [4.69, 9.17) is 21.1 Å². The summed E-state index contributed by atoms with van der Waals surface area (Å²) in [6.45, 7) is 3.59. The Hall–Kier alpha value is -2.86. The van der Waals surface area contributed by atoms with E-state index in [-0.39, 0.29) is 19.1 Å². The van der Waals surface area contributed by atoms with E-state index in [1.807, 2.05) is 0 Å². The van der Waals surface area contributed by atoms with E-state index >= 15 is 0 Å². The summed E-state index contributed by atoms with van der Waals surface area (Å²) >= 11 is 6.01. The van der Waals surface area contributed by atoms with Crippen LogP contribution in [0.2, 0.25) is 5.02 Å². The first-order valence-corrected chi connectivity index (χ1v) is 9.30. The maximum absolute atomic E-state index is 12.7. The lowest BCUT2D eigenvalue weighted by Crippen LogP contribution is -2.48. The number of nitrogens with zero attached hydrogens (tertiary/aromatic N) is 1. The molecule has 146 valence electrons. The Kier molecular flexibility index (Phi) is 5.99. The van der Waals surface area contributed by atoms with Crippen molar-refractivity contribution in [3.8, 4) is 5.75 Å². The minimum atomic E-state index is -1.01. The number of benzene rings is 2. The zero-order valence-electron chi connectivity index (χ0n) is 15.6.